The summed E-state index contributed by atoms with van der Waals surface area (Å²) in [6.45, 7) is 3.82. The van der Waals surface area contributed by atoms with Crippen LogP contribution >= 0.6 is 23.2 Å². The van der Waals surface area contributed by atoms with Crippen LogP contribution < -0.4 is 11.2 Å². The van der Waals surface area contributed by atoms with Crippen molar-refractivity contribution in [2.45, 2.75) is 13.1 Å². The van der Waals surface area contributed by atoms with Crippen LogP contribution in [0.1, 0.15) is 11.4 Å². The zero-order chi connectivity index (χ0) is 19.8. The minimum absolute atomic E-state index is 0.358. The van der Waals surface area contributed by atoms with Gasteiger partial charge < -0.3 is 9.30 Å². The van der Waals surface area contributed by atoms with Crippen LogP contribution in [-0.4, -0.2) is 50.3 Å². The fraction of sp³-hybridized carbons (Fsp3) is 0.389. The second-order valence-corrected chi connectivity index (χ2v) is 7.56. The van der Waals surface area contributed by atoms with Gasteiger partial charge in [-0.05, 0) is 17.7 Å². The Kier molecular flexibility index (Phi) is 5.29. The lowest BCUT2D eigenvalue weighted by Crippen LogP contribution is -2.36. The molecular formula is C18H19Cl2N5O3. The van der Waals surface area contributed by atoms with Crippen molar-refractivity contribution < 1.29 is 4.74 Å². The monoisotopic (exact) mass is 423 g/mol. The van der Waals surface area contributed by atoms with E-state index in [4.69, 9.17) is 27.9 Å². The first-order valence-electron chi connectivity index (χ1n) is 8.86. The fourth-order valence-electron chi connectivity index (χ4n) is 3.35. The molecule has 8 nitrogen and oxygen atoms in total. The Balaban J connectivity index is 1.83. The van der Waals surface area contributed by atoms with E-state index in [0.717, 1.165) is 18.7 Å². The molecule has 3 aromatic rings. The molecule has 0 atom stereocenters. The van der Waals surface area contributed by atoms with Crippen molar-refractivity contribution in [3.63, 3.8) is 0 Å². The van der Waals surface area contributed by atoms with Gasteiger partial charge in [0.2, 0.25) is 0 Å². The number of halogens is 2. The number of hydrogen-bond donors (Lipinski definition) is 1. The van der Waals surface area contributed by atoms with Crippen LogP contribution in [0.2, 0.25) is 10.0 Å². The third kappa shape index (κ3) is 3.60. The summed E-state index contributed by atoms with van der Waals surface area (Å²) >= 11 is 12.2. The summed E-state index contributed by atoms with van der Waals surface area (Å²) < 4.78 is 8.59. The summed E-state index contributed by atoms with van der Waals surface area (Å²) in [6, 6.07) is 5.35. The Hall–Kier alpha value is -2.13. The molecular weight excluding hydrogens is 405 g/mol. The maximum Gasteiger partial charge on any atom is 0.329 e. The number of fused-ring (bicyclic) bond motifs is 1. The number of hydrogen-bond acceptors (Lipinski definition) is 5. The molecule has 3 heterocycles. The zero-order valence-electron chi connectivity index (χ0n) is 15.2. The van der Waals surface area contributed by atoms with Gasteiger partial charge in [0, 0.05) is 26.7 Å². The average Bonchev–Trinajstić information content (AvgIpc) is 3.02. The third-order valence-electron chi connectivity index (χ3n) is 4.88. The number of morpholine rings is 1. The molecule has 1 fully saturated rings. The smallest absolute Gasteiger partial charge is 0.329 e. The number of aromatic amines is 1. The molecule has 148 valence electrons. The number of imidazole rings is 1. The molecule has 0 radical (unpaired) electrons. The van der Waals surface area contributed by atoms with Crippen LogP contribution in [0, 0.1) is 0 Å². The van der Waals surface area contributed by atoms with E-state index in [1.807, 2.05) is 10.6 Å². The fourth-order valence-corrected chi connectivity index (χ4v) is 3.67. The molecule has 1 aromatic carbocycles. The number of ether oxygens (including phenoxy) is 1. The van der Waals surface area contributed by atoms with Crippen molar-refractivity contribution in [1.29, 1.82) is 0 Å². The Morgan fingerprint density at radius 2 is 1.89 bits per heavy atom. The van der Waals surface area contributed by atoms with Gasteiger partial charge in [0.25, 0.3) is 5.56 Å². The van der Waals surface area contributed by atoms with Gasteiger partial charge >= 0.3 is 5.69 Å². The largest absolute Gasteiger partial charge is 0.379 e. The molecule has 0 unspecified atom stereocenters. The van der Waals surface area contributed by atoms with Crippen molar-refractivity contribution in [2.24, 2.45) is 7.05 Å². The number of rotatable bonds is 4. The quantitative estimate of drug-likeness (QED) is 0.688. The number of nitrogens with zero attached hydrogens (tertiary/aromatic N) is 4. The molecule has 4 rings (SSSR count). The molecule has 0 saturated carbocycles. The van der Waals surface area contributed by atoms with Crippen LogP contribution in [0.25, 0.3) is 11.2 Å². The average molecular weight is 424 g/mol. The maximum absolute atomic E-state index is 12.6. The highest BCUT2D eigenvalue weighted by atomic mass is 35.5. The number of H-pyrrole nitrogens is 1. The Bertz CT molecular complexity index is 1140. The summed E-state index contributed by atoms with van der Waals surface area (Å²) in [6.07, 6.45) is 0. The summed E-state index contributed by atoms with van der Waals surface area (Å²) in [5.74, 6) is 0.703. The molecule has 1 aliphatic rings. The zero-order valence-corrected chi connectivity index (χ0v) is 16.8. The number of nitrogens with one attached hydrogen (secondary N) is 1. The second kappa shape index (κ2) is 7.71. The third-order valence-corrected chi connectivity index (χ3v) is 5.62. The minimum Gasteiger partial charge on any atom is -0.379 e. The highest BCUT2D eigenvalue weighted by Gasteiger charge is 2.20. The maximum atomic E-state index is 12.6. The van der Waals surface area contributed by atoms with Gasteiger partial charge in [-0.15, -0.1) is 0 Å². The van der Waals surface area contributed by atoms with Crippen molar-refractivity contribution in [2.75, 3.05) is 26.3 Å². The minimum atomic E-state index is -0.491. The van der Waals surface area contributed by atoms with Crippen molar-refractivity contribution >= 4 is 34.4 Å². The Morgan fingerprint density at radius 3 is 2.61 bits per heavy atom. The van der Waals surface area contributed by atoms with Crippen LogP contribution in [0.5, 0.6) is 0 Å². The lowest BCUT2D eigenvalue weighted by molar-refractivity contribution is 0.0327. The molecule has 10 heteroatoms. The highest BCUT2D eigenvalue weighted by Crippen LogP contribution is 2.24. The second-order valence-electron chi connectivity index (χ2n) is 6.74. The van der Waals surface area contributed by atoms with E-state index in [2.05, 4.69) is 14.9 Å². The molecule has 1 aliphatic heterocycles. The van der Waals surface area contributed by atoms with E-state index in [1.54, 1.807) is 19.2 Å². The van der Waals surface area contributed by atoms with Crippen LogP contribution in [0.4, 0.5) is 0 Å². The van der Waals surface area contributed by atoms with E-state index in [9.17, 15) is 9.59 Å². The summed E-state index contributed by atoms with van der Waals surface area (Å²) in [5.41, 5.74) is 0.646. The molecule has 1 N–H and O–H groups in total. The predicted molar refractivity (Wildman–Crippen MR) is 107 cm³/mol. The summed E-state index contributed by atoms with van der Waals surface area (Å²) in [5, 5.41) is 0.911. The summed E-state index contributed by atoms with van der Waals surface area (Å²) in [7, 11) is 1.59. The normalized spacial score (nSPS) is 15.4. The summed E-state index contributed by atoms with van der Waals surface area (Å²) in [4.78, 5) is 33.8. The van der Waals surface area contributed by atoms with Crippen molar-refractivity contribution in [1.82, 2.24) is 24.0 Å². The van der Waals surface area contributed by atoms with Gasteiger partial charge in [0.15, 0.2) is 11.2 Å². The van der Waals surface area contributed by atoms with E-state index in [0.29, 0.717) is 53.3 Å². The van der Waals surface area contributed by atoms with Gasteiger partial charge in [-0.25, -0.2) is 9.78 Å². The molecule has 0 bridgehead atoms. The molecule has 28 heavy (non-hydrogen) atoms. The van der Waals surface area contributed by atoms with E-state index >= 15 is 0 Å². The number of aromatic nitrogens is 4. The number of aryl methyl sites for hydroxylation is 1. The first kappa shape index (κ1) is 19.2. The van der Waals surface area contributed by atoms with Gasteiger partial charge in [-0.3, -0.25) is 19.2 Å². The van der Waals surface area contributed by atoms with Crippen molar-refractivity contribution in [3.8, 4) is 0 Å². The van der Waals surface area contributed by atoms with Crippen LogP contribution in [0.15, 0.2) is 27.8 Å². The molecule has 2 aromatic heterocycles. The highest BCUT2D eigenvalue weighted by molar-refractivity contribution is 6.42. The van der Waals surface area contributed by atoms with Gasteiger partial charge in [-0.2, -0.15) is 0 Å². The standard InChI is InChI=1S/C18H19Cl2N5O3/c1-23-16-15(17(26)22-18(23)27)25(9-11-2-3-12(19)13(20)8-11)14(21-16)10-24-4-6-28-7-5-24/h2-3,8H,4-7,9-10H2,1H3,(H,22,26,27). The Morgan fingerprint density at radius 1 is 1.14 bits per heavy atom. The lowest BCUT2D eigenvalue weighted by atomic mass is 10.2. The predicted octanol–water partition coefficient (Wildman–Crippen LogP) is 1.61. The molecule has 0 spiro atoms. The SMILES string of the molecule is Cn1c(=O)[nH]c(=O)c2c1nc(CN1CCOCC1)n2Cc1ccc(Cl)c(Cl)c1. The van der Waals surface area contributed by atoms with Crippen LogP contribution in [0.3, 0.4) is 0 Å². The van der Waals surface area contributed by atoms with E-state index in [-0.39, 0.29) is 0 Å². The Labute approximate surface area is 170 Å². The van der Waals surface area contributed by atoms with Gasteiger partial charge in [0.1, 0.15) is 5.82 Å². The lowest BCUT2D eigenvalue weighted by Gasteiger charge is -2.26. The first-order valence-corrected chi connectivity index (χ1v) is 9.62. The first-order chi connectivity index (χ1) is 13.4. The molecule has 0 amide bonds. The van der Waals surface area contributed by atoms with E-state index < -0.39 is 11.2 Å². The van der Waals surface area contributed by atoms with Gasteiger partial charge in [0.05, 0.1) is 29.8 Å². The van der Waals surface area contributed by atoms with E-state index in [1.165, 1.54) is 4.57 Å². The topological polar surface area (TPSA) is 85.2 Å². The van der Waals surface area contributed by atoms with Crippen LogP contribution in [-0.2, 0) is 24.9 Å². The number of benzene rings is 1. The van der Waals surface area contributed by atoms with Gasteiger partial charge in [-0.1, -0.05) is 29.3 Å². The van der Waals surface area contributed by atoms with Crippen molar-refractivity contribution in [3.05, 3.63) is 60.5 Å². The molecule has 0 aliphatic carbocycles. The molecule has 1 saturated heterocycles.